The van der Waals surface area contributed by atoms with E-state index in [1.165, 1.54) is 5.56 Å². The lowest BCUT2D eigenvalue weighted by Crippen LogP contribution is -2.24. The Bertz CT molecular complexity index is 377. The van der Waals surface area contributed by atoms with Gasteiger partial charge in [-0.3, -0.25) is 0 Å². The Morgan fingerprint density at radius 1 is 1.26 bits per heavy atom. The molecule has 0 saturated heterocycles. The van der Waals surface area contributed by atoms with Crippen molar-refractivity contribution in [3.63, 3.8) is 0 Å². The van der Waals surface area contributed by atoms with Crippen LogP contribution in [-0.2, 0) is 4.74 Å². The van der Waals surface area contributed by atoms with Gasteiger partial charge < -0.3 is 15.2 Å². The van der Waals surface area contributed by atoms with E-state index in [0.29, 0.717) is 12.6 Å². The van der Waals surface area contributed by atoms with Crippen molar-refractivity contribution >= 4 is 0 Å². The van der Waals surface area contributed by atoms with Crippen LogP contribution in [0.4, 0.5) is 0 Å². The van der Waals surface area contributed by atoms with E-state index in [2.05, 4.69) is 18.3 Å². The van der Waals surface area contributed by atoms with Gasteiger partial charge in [0.2, 0.25) is 0 Å². The van der Waals surface area contributed by atoms with Crippen LogP contribution in [0.3, 0.4) is 0 Å². The zero-order valence-electron chi connectivity index (χ0n) is 12.6. The highest BCUT2D eigenvalue weighted by molar-refractivity contribution is 5.32. The van der Waals surface area contributed by atoms with Gasteiger partial charge in [-0.05, 0) is 51.8 Å². The van der Waals surface area contributed by atoms with Crippen molar-refractivity contribution in [1.29, 1.82) is 0 Å². The molecule has 3 nitrogen and oxygen atoms in total. The molecule has 0 aliphatic heterocycles. The molecule has 1 rings (SSSR count). The van der Waals surface area contributed by atoms with Gasteiger partial charge in [-0.15, -0.1) is 0 Å². The highest BCUT2D eigenvalue weighted by Crippen LogP contribution is 2.18. The zero-order valence-corrected chi connectivity index (χ0v) is 12.6. The monoisotopic (exact) mass is 265 g/mol. The lowest BCUT2D eigenvalue weighted by molar-refractivity contribution is 0.0763. The van der Waals surface area contributed by atoms with Gasteiger partial charge in [0.15, 0.2) is 0 Å². The van der Waals surface area contributed by atoms with Gasteiger partial charge in [0.1, 0.15) is 0 Å². The molecule has 1 aromatic carbocycles. The van der Waals surface area contributed by atoms with E-state index in [1.807, 2.05) is 32.9 Å². The molecule has 0 radical (unpaired) electrons. The van der Waals surface area contributed by atoms with E-state index in [-0.39, 0.29) is 0 Å². The van der Waals surface area contributed by atoms with Gasteiger partial charge in [0, 0.05) is 13.2 Å². The minimum atomic E-state index is -0.438. The summed E-state index contributed by atoms with van der Waals surface area (Å²) in [4.78, 5) is 0. The third-order valence-corrected chi connectivity index (χ3v) is 3.07. The molecule has 0 spiro atoms. The maximum absolute atomic E-state index is 10.1. The Labute approximate surface area is 117 Å². The van der Waals surface area contributed by atoms with Crippen molar-refractivity contribution in [2.75, 3.05) is 19.7 Å². The fraction of sp³-hybridized carbons (Fsp3) is 0.625. The average Bonchev–Trinajstić information content (AvgIpc) is 2.32. The third-order valence-electron chi connectivity index (χ3n) is 3.07. The number of benzene rings is 1. The number of aliphatic hydroxyl groups excluding tert-OH is 1. The highest BCUT2D eigenvalue weighted by atomic mass is 16.5. The molecule has 0 bridgehead atoms. The van der Waals surface area contributed by atoms with Crippen molar-refractivity contribution in [1.82, 2.24) is 5.32 Å². The van der Waals surface area contributed by atoms with Crippen molar-refractivity contribution in [3.05, 3.63) is 34.9 Å². The molecule has 2 N–H and O–H groups in total. The lowest BCUT2D eigenvalue weighted by atomic mass is 10.0. The van der Waals surface area contributed by atoms with E-state index in [4.69, 9.17) is 4.74 Å². The third kappa shape index (κ3) is 6.19. The second kappa shape index (κ2) is 8.31. The number of aryl methyl sites for hydroxylation is 2. The molecular formula is C16H27NO2. The van der Waals surface area contributed by atoms with E-state index >= 15 is 0 Å². The van der Waals surface area contributed by atoms with Crippen LogP contribution in [0.25, 0.3) is 0 Å². The molecule has 0 aliphatic rings. The van der Waals surface area contributed by atoms with Crippen LogP contribution in [-0.4, -0.2) is 30.9 Å². The fourth-order valence-electron chi connectivity index (χ4n) is 2.06. The summed E-state index contributed by atoms with van der Waals surface area (Å²) < 4.78 is 5.46. The second-order valence-electron chi connectivity index (χ2n) is 5.35. The largest absolute Gasteiger partial charge is 0.387 e. The van der Waals surface area contributed by atoms with Gasteiger partial charge >= 0.3 is 0 Å². The lowest BCUT2D eigenvalue weighted by Gasteiger charge is -2.15. The Morgan fingerprint density at radius 3 is 2.63 bits per heavy atom. The number of aliphatic hydroxyl groups is 1. The number of hydrogen-bond donors (Lipinski definition) is 2. The second-order valence-corrected chi connectivity index (χ2v) is 5.35. The number of ether oxygens (including phenoxy) is 1. The van der Waals surface area contributed by atoms with Crippen molar-refractivity contribution in [2.24, 2.45) is 0 Å². The first-order chi connectivity index (χ1) is 9.00. The molecule has 1 unspecified atom stereocenters. The molecule has 0 amide bonds. The Balaban J connectivity index is 2.25. The van der Waals surface area contributed by atoms with Crippen LogP contribution >= 0.6 is 0 Å². The summed E-state index contributed by atoms with van der Waals surface area (Å²) in [5.41, 5.74) is 3.39. The molecule has 0 aromatic heterocycles. The molecule has 0 heterocycles. The first-order valence-corrected chi connectivity index (χ1v) is 7.08. The van der Waals surface area contributed by atoms with E-state index < -0.39 is 6.10 Å². The summed E-state index contributed by atoms with van der Waals surface area (Å²) in [7, 11) is 0. The fourth-order valence-corrected chi connectivity index (χ4v) is 2.06. The molecule has 1 aromatic rings. The quantitative estimate of drug-likeness (QED) is 0.710. The van der Waals surface area contributed by atoms with Gasteiger partial charge in [-0.2, -0.15) is 0 Å². The predicted octanol–water partition coefficient (Wildman–Crippen LogP) is 2.74. The van der Waals surface area contributed by atoms with Crippen molar-refractivity contribution in [2.45, 2.75) is 46.3 Å². The molecule has 0 saturated carbocycles. The Hall–Kier alpha value is -0.900. The molecule has 1 atom stereocenters. The minimum Gasteiger partial charge on any atom is -0.387 e. The molecule has 0 aliphatic carbocycles. The summed E-state index contributed by atoms with van der Waals surface area (Å²) in [6, 6.07) is 6.16. The molecule has 3 heteroatoms. The van der Waals surface area contributed by atoms with Crippen LogP contribution in [0.2, 0.25) is 0 Å². The molecular weight excluding hydrogens is 238 g/mol. The van der Waals surface area contributed by atoms with Crippen LogP contribution < -0.4 is 5.32 Å². The number of nitrogens with one attached hydrogen (secondary N) is 1. The van der Waals surface area contributed by atoms with Crippen LogP contribution in [0.1, 0.15) is 43.1 Å². The first kappa shape index (κ1) is 16.2. The summed E-state index contributed by atoms with van der Waals surface area (Å²) in [5.74, 6) is 0. The first-order valence-electron chi connectivity index (χ1n) is 7.08. The maximum Gasteiger partial charge on any atom is 0.0916 e. The van der Waals surface area contributed by atoms with E-state index in [0.717, 1.165) is 30.7 Å². The van der Waals surface area contributed by atoms with Gasteiger partial charge in [-0.1, -0.05) is 23.8 Å². The summed E-state index contributed by atoms with van der Waals surface area (Å²) in [6.07, 6.45) is 0.824. The Morgan fingerprint density at radius 2 is 2.00 bits per heavy atom. The summed E-state index contributed by atoms with van der Waals surface area (Å²) >= 11 is 0. The number of rotatable bonds is 8. The highest BCUT2D eigenvalue weighted by Gasteiger charge is 2.09. The standard InChI is InChI=1S/C16H27NO2/c1-12(2)19-9-5-8-17-11-16(18)15-7-6-13(3)10-14(15)4/h6-7,10,12,16-18H,5,8-9,11H2,1-4H3. The SMILES string of the molecule is Cc1ccc(C(O)CNCCCOC(C)C)c(C)c1. The van der Waals surface area contributed by atoms with Gasteiger partial charge in [-0.25, -0.2) is 0 Å². The van der Waals surface area contributed by atoms with Crippen LogP contribution in [0.15, 0.2) is 18.2 Å². The molecule has 19 heavy (non-hydrogen) atoms. The van der Waals surface area contributed by atoms with Crippen molar-refractivity contribution < 1.29 is 9.84 Å². The van der Waals surface area contributed by atoms with E-state index in [9.17, 15) is 5.11 Å². The topological polar surface area (TPSA) is 41.5 Å². The van der Waals surface area contributed by atoms with Gasteiger partial charge in [0.25, 0.3) is 0 Å². The smallest absolute Gasteiger partial charge is 0.0916 e. The zero-order chi connectivity index (χ0) is 14.3. The van der Waals surface area contributed by atoms with Crippen LogP contribution in [0.5, 0.6) is 0 Å². The number of hydrogen-bond acceptors (Lipinski definition) is 3. The summed E-state index contributed by atoms with van der Waals surface area (Å²) in [6.45, 7) is 10.4. The van der Waals surface area contributed by atoms with Crippen LogP contribution in [0, 0.1) is 13.8 Å². The predicted molar refractivity (Wildman–Crippen MR) is 79.5 cm³/mol. The normalized spacial score (nSPS) is 12.9. The molecule has 108 valence electrons. The van der Waals surface area contributed by atoms with Gasteiger partial charge in [0.05, 0.1) is 12.2 Å². The van der Waals surface area contributed by atoms with E-state index in [1.54, 1.807) is 0 Å². The molecule has 0 fully saturated rings. The summed E-state index contributed by atoms with van der Waals surface area (Å²) in [5, 5.41) is 13.4. The minimum absolute atomic E-state index is 0.292. The maximum atomic E-state index is 10.1. The van der Waals surface area contributed by atoms with Crippen molar-refractivity contribution in [3.8, 4) is 0 Å². The Kier molecular flexibility index (Phi) is 7.06. The average molecular weight is 265 g/mol.